The molecule has 0 spiro atoms. The maximum Gasteiger partial charge on any atom is 0.163 e. The van der Waals surface area contributed by atoms with Crippen LogP contribution < -0.4 is 0 Å². The minimum absolute atomic E-state index is 0.219. The summed E-state index contributed by atoms with van der Waals surface area (Å²) in [6, 6.07) is 15.8. The summed E-state index contributed by atoms with van der Waals surface area (Å²) >= 11 is 5.97. The Balaban J connectivity index is 2.13. The molecule has 1 nitrogen and oxygen atoms in total. The van der Waals surface area contributed by atoms with Crippen LogP contribution in [-0.2, 0) is 0 Å². The summed E-state index contributed by atoms with van der Waals surface area (Å²) in [5.74, 6) is 0.488. The van der Waals surface area contributed by atoms with Gasteiger partial charge < -0.3 is 0 Å². The molecule has 0 fully saturated rings. The Labute approximate surface area is 138 Å². The molecule has 22 heavy (non-hydrogen) atoms. The van der Waals surface area contributed by atoms with Gasteiger partial charge in [0.15, 0.2) is 5.78 Å². The first-order valence-corrected chi connectivity index (χ1v) is 8.33. The average Bonchev–Trinajstić information content (AvgIpc) is 2.52. The average molecular weight is 315 g/mol. The molecule has 2 aromatic rings. The van der Waals surface area contributed by atoms with Gasteiger partial charge in [-0.1, -0.05) is 73.3 Å². The smallest absolute Gasteiger partial charge is 0.163 e. The lowest BCUT2D eigenvalue weighted by molar-refractivity contribution is 0.0972. The van der Waals surface area contributed by atoms with Crippen molar-refractivity contribution in [3.8, 4) is 0 Å². The maximum absolute atomic E-state index is 12.5. The molecule has 0 saturated carbocycles. The van der Waals surface area contributed by atoms with Gasteiger partial charge in [0.2, 0.25) is 0 Å². The Hall–Kier alpha value is -1.60. The van der Waals surface area contributed by atoms with E-state index in [4.69, 9.17) is 11.6 Å². The second kappa shape index (κ2) is 8.14. The van der Waals surface area contributed by atoms with Crippen LogP contribution in [0.3, 0.4) is 0 Å². The highest BCUT2D eigenvalue weighted by Gasteiger charge is 2.17. The highest BCUT2D eigenvalue weighted by Crippen LogP contribution is 2.28. The summed E-state index contributed by atoms with van der Waals surface area (Å²) in [7, 11) is 0. The van der Waals surface area contributed by atoms with Crippen LogP contribution in [0.4, 0.5) is 0 Å². The molecular weight excluding hydrogens is 292 g/mol. The highest BCUT2D eigenvalue weighted by molar-refractivity contribution is 6.30. The second-order valence-electron chi connectivity index (χ2n) is 5.88. The zero-order chi connectivity index (χ0) is 15.9. The summed E-state index contributed by atoms with van der Waals surface area (Å²) in [6.07, 6.45) is 3.87. The van der Waals surface area contributed by atoms with E-state index in [-0.39, 0.29) is 11.7 Å². The van der Waals surface area contributed by atoms with E-state index >= 15 is 0 Å². The van der Waals surface area contributed by atoms with Crippen LogP contribution in [0.2, 0.25) is 5.02 Å². The van der Waals surface area contributed by atoms with Gasteiger partial charge in [-0.05, 0) is 37.0 Å². The largest absolute Gasteiger partial charge is 0.294 e. The number of hydrogen-bond donors (Lipinski definition) is 0. The lowest BCUT2D eigenvalue weighted by Gasteiger charge is -2.17. The minimum Gasteiger partial charge on any atom is -0.294 e. The molecule has 0 aromatic heterocycles. The molecule has 0 bridgehead atoms. The molecule has 0 amide bonds. The van der Waals surface area contributed by atoms with Gasteiger partial charge >= 0.3 is 0 Å². The molecule has 0 aliphatic heterocycles. The Bertz CT molecular complexity index is 599. The number of Topliss-reactive ketones (excluding diaryl/α,β-unsaturated/α-hetero) is 1. The predicted molar refractivity (Wildman–Crippen MR) is 93.8 cm³/mol. The fraction of sp³-hybridized carbons (Fsp3) is 0.350. The predicted octanol–water partition coefficient (Wildman–Crippen LogP) is 6.20. The van der Waals surface area contributed by atoms with E-state index in [0.29, 0.717) is 6.42 Å². The molecule has 0 N–H and O–H groups in total. The highest BCUT2D eigenvalue weighted by atomic mass is 35.5. The van der Waals surface area contributed by atoms with Gasteiger partial charge in [0.1, 0.15) is 0 Å². The number of benzene rings is 2. The van der Waals surface area contributed by atoms with Crippen molar-refractivity contribution in [2.45, 2.75) is 45.4 Å². The van der Waals surface area contributed by atoms with E-state index in [1.165, 1.54) is 11.1 Å². The number of hydrogen-bond acceptors (Lipinski definition) is 1. The lowest BCUT2D eigenvalue weighted by atomic mass is 9.87. The van der Waals surface area contributed by atoms with Crippen LogP contribution in [0.1, 0.15) is 60.0 Å². The quantitative estimate of drug-likeness (QED) is 0.556. The summed E-state index contributed by atoms with van der Waals surface area (Å²) in [5, 5.41) is 0.739. The lowest BCUT2D eigenvalue weighted by Crippen LogP contribution is -2.08. The minimum atomic E-state index is 0.219. The van der Waals surface area contributed by atoms with Crippen molar-refractivity contribution >= 4 is 17.4 Å². The third kappa shape index (κ3) is 4.71. The molecule has 0 saturated heterocycles. The third-order valence-electron chi connectivity index (χ3n) is 4.05. The van der Waals surface area contributed by atoms with Gasteiger partial charge in [0.25, 0.3) is 0 Å². The van der Waals surface area contributed by atoms with Gasteiger partial charge in [-0.2, -0.15) is 0 Å². The number of carbonyl (C=O) groups is 1. The standard InChI is InChI=1S/C20H23ClO/c1-3-4-5-18(16-10-12-19(21)13-11-16)14-20(22)17-8-6-15(2)7-9-17/h6-13,18H,3-5,14H2,1-2H3/t18-/m1/s1. The van der Waals surface area contributed by atoms with Gasteiger partial charge in [-0.15, -0.1) is 0 Å². The molecule has 1 atom stereocenters. The van der Waals surface area contributed by atoms with Crippen LogP contribution in [-0.4, -0.2) is 5.78 Å². The zero-order valence-corrected chi connectivity index (χ0v) is 14.1. The van der Waals surface area contributed by atoms with Crippen LogP contribution in [0, 0.1) is 6.92 Å². The SMILES string of the molecule is CCCC[C@H](CC(=O)c1ccc(C)cc1)c1ccc(Cl)cc1. The molecule has 0 unspecified atom stereocenters. The van der Waals surface area contributed by atoms with E-state index in [1.807, 2.05) is 55.5 Å². The van der Waals surface area contributed by atoms with Crippen LogP contribution in [0.15, 0.2) is 48.5 Å². The molecular formula is C20H23ClO. The van der Waals surface area contributed by atoms with Crippen molar-refractivity contribution in [1.29, 1.82) is 0 Å². The van der Waals surface area contributed by atoms with E-state index < -0.39 is 0 Å². The monoisotopic (exact) mass is 314 g/mol. The van der Waals surface area contributed by atoms with Gasteiger partial charge in [-0.25, -0.2) is 0 Å². The molecule has 0 radical (unpaired) electrons. The second-order valence-corrected chi connectivity index (χ2v) is 6.32. The maximum atomic E-state index is 12.5. The fourth-order valence-corrected chi connectivity index (χ4v) is 2.78. The van der Waals surface area contributed by atoms with Crippen molar-refractivity contribution in [2.24, 2.45) is 0 Å². The van der Waals surface area contributed by atoms with E-state index in [9.17, 15) is 4.79 Å². The van der Waals surface area contributed by atoms with Crippen molar-refractivity contribution in [3.63, 3.8) is 0 Å². The number of rotatable bonds is 7. The molecule has 0 aliphatic carbocycles. The Morgan fingerprint density at radius 2 is 1.68 bits per heavy atom. The van der Waals surface area contributed by atoms with Gasteiger partial charge in [0, 0.05) is 17.0 Å². The number of carbonyl (C=O) groups excluding carboxylic acids is 1. The van der Waals surface area contributed by atoms with Crippen molar-refractivity contribution in [1.82, 2.24) is 0 Å². The molecule has 116 valence electrons. The van der Waals surface area contributed by atoms with Crippen molar-refractivity contribution in [2.75, 3.05) is 0 Å². The summed E-state index contributed by atoms with van der Waals surface area (Å²) < 4.78 is 0. The summed E-state index contributed by atoms with van der Waals surface area (Å²) in [4.78, 5) is 12.5. The third-order valence-corrected chi connectivity index (χ3v) is 4.30. The molecule has 0 aliphatic rings. The summed E-state index contributed by atoms with van der Waals surface area (Å²) in [5.41, 5.74) is 3.19. The topological polar surface area (TPSA) is 17.1 Å². The molecule has 2 aromatic carbocycles. The number of aryl methyl sites for hydroxylation is 1. The van der Waals surface area contributed by atoms with E-state index in [1.54, 1.807) is 0 Å². The zero-order valence-electron chi connectivity index (χ0n) is 13.3. The van der Waals surface area contributed by atoms with E-state index in [2.05, 4.69) is 6.92 Å². The van der Waals surface area contributed by atoms with Crippen molar-refractivity contribution < 1.29 is 4.79 Å². The molecule has 2 rings (SSSR count). The first kappa shape index (κ1) is 16.8. The first-order chi connectivity index (χ1) is 10.6. The normalized spacial score (nSPS) is 12.1. The Morgan fingerprint density at radius 3 is 2.27 bits per heavy atom. The van der Waals surface area contributed by atoms with Gasteiger partial charge in [0.05, 0.1) is 0 Å². The number of halogens is 1. The Kier molecular flexibility index (Phi) is 6.21. The molecule has 0 heterocycles. The van der Waals surface area contributed by atoms with Crippen LogP contribution >= 0.6 is 11.6 Å². The van der Waals surface area contributed by atoms with Crippen LogP contribution in [0.25, 0.3) is 0 Å². The van der Waals surface area contributed by atoms with Gasteiger partial charge in [-0.3, -0.25) is 4.79 Å². The summed E-state index contributed by atoms with van der Waals surface area (Å²) in [6.45, 7) is 4.22. The Morgan fingerprint density at radius 1 is 1.05 bits per heavy atom. The van der Waals surface area contributed by atoms with E-state index in [0.717, 1.165) is 29.8 Å². The van der Waals surface area contributed by atoms with Crippen molar-refractivity contribution in [3.05, 3.63) is 70.2 Å². The van der Waals surface area contributed by atoms with Crippen LogP contribution in [0.5, 0.6) is 0 Å². The number of ketones is 1. The molecule has 2 heteroatoms. The first-order valence-electron chi connectivity index (χ1n) is 7.95. The number of unbranched alkanes of at least 4 members (excludes halogenated alkanes) is 1. The fourth-order valence-electron chi connectivity index (χ4n) is 2.65.